The summed E-state index contributed by atoms with van der Waals surface area (Å²) >= 11 is 5.14. The molecule has 0 spiro atoms. The monoisotopic (exact) mass is 445 g/mol. The molecule has 9 heteroatoms. The molecule has 0 unspecified atom stereocenters. The van der Waals surface area contributed by atoms with Gasteiger partial charge in [-0.2, -0.15) is 5.10 Å². The van der Waals surface area contributed by atoms with E-state index < -0.39 is 12.1 Å². The maximum absolute atomic E-state index is 12.9. The quantitative estimate of drug-likeness (QED) is 0.295. The number of rotatable bonds is 6. The van der Waals surface area contributed by atoms with Gasteiger partial charge in [-0.25, -0.2) is 0 Å². The second-order valence-electron chi connectivity index (χ2n) is 6.19. The Labute approximate surface area is 182 Å². The average molecular weight is 445 g/mol. The van der Waals surface area contributed by atoms with Crippen LogP contribution in [0.3, 0.4) is 0 Å². The van der Waals surface area contributed by atoms with Gasteiger partial charge < -0.3 is 14.8 Å². The number of hydrazone groups is 1. The van der Waals surface area contributed by atoms with E-state index in [9.17, 15) is 13.2 Å². The molecule has 0 aliphatic heterocycles. The third kappa shape index (κ3) is 6.45. The molecule has 3 aromatic rings. The predicted octanol–water partition coefficient (Wildman–Crippen LogP) is 5.58. The molecule has 160 valence electrons. The van der Waals surface area contributed by atoms with E-state index in [1.807, 2.05) is 18.2 Å². The summed E-state index contributed by atoms with van der Waals surface area (Å²) in [5.74, 6) is 0.205. The zero-order chi connectivity index (χ0) is 22.3. The standard InChI is InChI=1S/C22H18F3N3O2S/c1-29-19-10-6-5-9-17(19)14-26-28-21(31)27-18-12-11-16(15-7-3-2-4-8-15)13-20(18)30-22(23,24)25/h2-14H,1H3,(H2,27,28,31). The zero-order valence-corrected chi connectivity index (χ0v) is 17.1. The summed E-state index contributed by atoms with van der Waals surface area (Å²) in [6.45, 7) is 0. The van der Waals surface area contributed by atoms with Crippen LogP contribution in [-0.4, -0.2) is 24.8 Å². The molecule has 2 N–H and O–H groups in total. The molecule has 0 aromatic heterocycles. The minimum Gasteiger partial charge on any atom is -0.496 e. The predicted molar refractivity (Wildman–Crippen MR) is 119 cm³/mol. The number of benzene rings is 3. The first-order chi connectivity index (χ1) is 14.9. The lowest BCUT2D eigenvalue weighted by Crippen LogP contribution is -2.25. The van der Waals surface area contributed by atoms with Crippen molar-refractivity contribution in [2.45, 2.75) is 6.36 Å². The summed E-state index contributed by atoms with van der Waals surface area (Å²) in [5.41, 5.74) is 4.63. The van der Waals surface area contributed by atoms with Gasteiger partial charge in [0.1, 0.15) is 5.75 Å². The van der Waals surface area contributed by atoms with Crippen LogP contribution >= 0.6 is 12.2 Å². The second-order valence-corrected chi connectivity index (χ2v) is 6.60. The highest BCUT2D eigenvalue weighted by Gasteiger charge is 2.32. The van der Waals surface area contributed by atoms with Crippen LogP contribution in [-0.2, 0) is 0 Å². The van der Waals surface area contributed by atoms with Crippen molar-refractivity contribution in [2.24, 2.45) is 5.10 Å². The number of ether oxygens (including phenoxy) is 2. The molecule has 0 radical (unpaired) electrons. The number of hydrogen-bond acceptors (Lipinski definition) is 4. The van der Waals surface area contributed by atoms with E-state index >= 15 is 0 Å². The minimum absolute atomic E-state index is 0.00867. The van der Waals surface area contributed by atoms with Crippen LogP contribution < -0.4 is 20.2 Å². The number of nitrogens with one attached hydrogen (secondary N) is 2. The second kappa shape index (κ2) is 9.94. The number of nitrogens with zero attached hydrogens (tertiary/aromatic N) is 1. The highest BCUT2D eigenvalue weighted by Crippen LogP contribution is 2.34. The van der Waals surface area contributed by atoms with Gasteiger partial charge in [0.25, 0.3) is 0 Å². The van der Waals surface area contributed by atoms with Gasteiger partial charge in [0.05, 0.1) is 19.0 Å². The van der Waals surface area contributed by atoms with E-state index in [0.29, 0.717) is 16.9 Å². The minimum atomic E-state index is -4.86. The van der Waals surface area contributed by atoms with E-state index in [1.165, 1.54) is 25.5 Å². The Bertz CT molecular complexity index is 1070. The molecule has 3 aromatic carbocycles. The van der Waals surface area contributed by atoms with Crippen LogP contribution in [0.2, 0.25) is 0 Å². The first kappa shape index (κ1) is 22.1. The van der Waals surface area contributed by atoms with Gasteiger partial charge in [0.15, 0.2) is 10.9 Å². The van der Waals surface area contributed by atoms with Gasteiger partial charge in [-0.3, -0.25) is 5.43 Å². The Hall–Kier alpha value is -3.59. The van der Waals surface area contributed by atoms with Gasteiger partial charge in [0, 0.05) is 5.56 Å². The molecular weight excluding hydrogens is 427 g/mol. The maximum Gasteiger partial charge on any atom is 0.573 e. The molecule has 5 nitrogen and oxygen atoms in total. The van der Waals surface area contributed by atoms with E-state index in [-0.39, 0.29) is 10.8 Å². The highest BCUT2D eigenvalue weighted by atomic mass is 32.1. The van der Waals surface area contributed by atoms with Crippen LogP contribution in [0.4, 0.5) is 18.9 Å². The largest absolute Gasteiger partial charge is 0.573 e. The third-order valence-corrected chi connectivity index (χ3v) is 4.26. The van der Waals surface area contributed by atoms with Gasteiger partial charge in [0.2, 0.25) is 0 Å². The molecule has 0 amide bonds. The van der Waals surface area contributed by atoms with E-state index in [4.69, 9.17) is 17.0 Å². The third-order valence-electron chi connectivity index (χ3n) is 4.07. The van der Waals surface area contributed by atoms with E-state index in [1.54, 1.807) is 42.5 Å². The Balaban J connectivity index is 1.76. The molecule has 0 saturated heterocycles. The summed E-state index contributed by atoms with van der Waals surface area (Å²) in [6, 6.07) is 20.6. The molecular formula is C22H18F3N3O2S. The fraction of sp³-hybridized carbons (Fsp3) is 0.0909. The Morgan fingerprint density at radius 3 is 2.35 bits per heavy atom. The molecule has 31 heavy (non-hydrogen) atoms. The number of methoxy groups -OCH3 is 1. The molecule has 0 heterocycles. The SMILES string of the molecule is COc1ccccc1C=NNC(=S)Nc1ccc(-c2ccccc2)cc1OC(F)(F)F. The lowest BCUT2D eigenvalue weighted by atomic mass is 10.0. The van der Waals surface area contributed by atoms with Crippen molar-refractivity contribution in [3.8, 4) is 22.6 Å². The number of halogens is 3. The summed E-state index contributed by atoms with van der Waals surface area (Å²) < 4.78 is 48.2. The molecule has 0 saturated carbocycles. The molecule has 0 fully saturated rings. The number of hydrogen-bond donors (Lipinski definition) is 2. The summed E-state index contributed by atoms with van der Waals surface area (Å²) in [7, 11) is 1.54. The number of para-hydroxylation sites is 1. The highest BCUT2D eigenvalue weighted by molar-refractivity contribution is 7.80. The van der Waals surface area contributed by atoms with E-state index in [0.717, 1.165) is 5.56 Å². The lowest BCUT2D eigenvalue weighted by molar-refractivity contribution is -0.274. The summed E-state index contributed by atoms with van der Waals surface area (Å²) in [6.07, 6.45) is -3.37. The first-order valence-corrected chi connectivity index (χ1v) is 9.45. The van der Waals surface area contributed by atoms with Gasteiger partial charge >= 0.3 is 6.36 Å². The maximum atomic E-state index is 12.9. The molecule has 0 aliphatic carbocycles. The van der Waals surface area contributed by atoms with Crippen molar-refractivity contribution >= 4 is 29.2 Å². The number of anilines is 1. The molecule has 0 bridgehead atoms. The number of alkyl halides is 3. The number of thiocarbonyl (C=S) groups is 1. The van der Waals surface area contributed by atoms with Crippen LogP contribution in [0.15, 0.2) is 77.9 Å². The van der Waals surface area contributed by atoms with Crippen molar-refractivity contribution in [3.05, 3.63) is 78.4 Å². The summed E-state index contributed by atoms with van der Waals surface area (Å²) in [5, 5.41) is 6.66. The summed E-state index contributed by atoms with van der Waals surface area (Å²) in [4.78, 5) is 0. The van der Waals surface area contributed by atoms with Crippen molar-refractivity contribution in [1.29, 1.82) is 0 Å². The fourth-order valence-electron chi connectivity index (χ4n) is 2.73. The topological polar surface area (TPSA) is 54.9 Å². The van der Waals surface area contributed by atoms with Crippen molar-refractivity contribution < 1.29 is 22.6 Å². The smallest absolute Gasteiger partial charge is 0.496 e. The van der Waals surface area contributed by atoms with Crippen LogP contribution in [0.25, 0.3) is 11.1 Å². The Kier molecular flexibility index (Phi) is 7.09. The lowest BCUT2D eigenvalue weighted by Gasteiger charge is -2.16. The molecule has 0 aliphatic rings. The van der Waals surface area contributed by atoms with E-state index in [2.05, 4.69) is 20.6 Å². The van der Waals surface area contributed by atoms with Gasteiger partial charge in [-0.05, 0) is 47.6 Å². The molecule has 0 atom stereocenters. The van der Waals surface area contributed by atoms with Crippen LogP contribution in [0.5, 0.6) is 11.5 Å². The van der Waals surface area contributed by atoms with Crippen molar-refractivity contribution in [1.82, 2.24) is 5.43 Å². The first-order valence-electron chi connectivity index (χ1n) is 9.04. The Morgan fingerprint density at radius 1 is 0.935 bits per heavy atom. The fourth-order valence-corrected chi connectivity index (χ4v) is 2.89. The normalized spacial score (nSPS) is 11.2. The average Bonchev–Trinajstić information content (AvgIpc) is 2.75. The molecule has 3 rings (SSSR count). The van der Waals surface area contributed by atoms with Crippen LogP contribution in [0.1, 0.15) is 5.56 Å². The van der Waals surface area contributed by atoms with Crippen molar-refractivity contribution in [3.63, 3.8) is 0 Å². The van der Waals surface area contributed by atoms with Crippen LogP contribution in [0, 0.1) is 0 Å². The Morgan fingerprint density at radius 2 is 1.65 bits per heavy atom. The van der Waals surface area contributed by atoms with Gasteiger partial charge in [-0.1, -0.05) is 48.5 Å². The van der Waals surface area contributed by atoms with Gasteiger partial charge in [-0.15, -0.1) is 13.2 Å². The zero-order valence-electron chi connectivity index (χ0n) is 16.3. The van der Waals surface area contributed by atoms with Crippen molar-refractivity contribution in [2.75, 3.05) is 12.4 Å².